The minimum Gasteiger partial charge on any atom is -0.508 e. The second-order valence-electron chi connectivity index (χ2n) is 5.21. The summed E-state index contributed by atoms with van der Waals surface area (Å²) in [5, 5.41) is 23.0. The third kappa shape index (κ3) is 3.23. The number of benzene rings is 2. The fraction of sp³-hybridized carbons (Fsp3) is 0.111. The van der Waals surface area contributed by atoms with E-state index in [2.05, 4.69) is 10.3 Å². The van der Waals surface area contributed by atoms with E-state index >= 15 is 0 Å². The van der Waals surface area contributed by atoms with Gasteiger partial charge in [0.15, 0.2) is 5.75 Å². The van der Waals surface area contributed by atoms with Crippen LogP contribution in [0.5, 0.6) is 11.5 Å². The summed E-state index contributed by atoms with van der Waals surface area (Å²) in [5.74, 6) is -0.231. The van der Waals surface area contributed by atoms with Gasteiger partial charge in [0.1, 0.15) is 11.3 Å². The molecule has 5 heteroatoms. The maximum Gasteiger partial charge on any atom is 0.255 e. The number of nitrogens with one attached hydrogen (secondary N) is 1. The topological polar surface area (TPSA) is 82.5 Å². The molecular weight excluding hydrogens is 292 g/mol. The maximum absolute atomic E-state index is 12.2. The molecule has 0 saturated carbocycles. The van der Waals surface area contributed by atoms with Gasteiger partial charge in [-0.2, -0.15) is 0 Å². The van der Waals surface area contributed by atoms with E-state index in [1.165, 1.54) is 0 Å². The lowest BCUT2D eigenvalue weighted by molar-refractivity contribution is 0.0951. The smallest absolute Gasteiger partial charge is 0.255 e. The molecule has 1 aromatic heterocycles. The Bertz CT molecular complexity index is 845. The molecule has 1 amide bonds. The number of pyridine rings is 1. The Balaban J connectivity index is 1.68. The van der Waals surface area contributed by atoms with Crippen molar-refractivity contribution in [3.63, 3.8) is 0 Å². The highest BCUT2D eigenvalue weighted by atomic mass is 16.3. The summed E-state index contributed by atoms with van der Waals surface area (Å²) < 4.78 is 0. The van der Waals surface area contributed by atoms with Crippen LogP contribution in [0.15, 0.2) is 54.7 Å². The number of phenols is 2. The minimum atomic E-state index is -0.339. The Kier molecular flexibility index (Phi) is 4.10. The van der Waals surface area contributed by atoms with Crippen molar-refractivity contribution in [3.8, 4) is 11.5 Å². The van der Waals surface area contributed by atoms with Crippen LogP contribution >= 0.6 is 0 Å². The van der Waals surface area contributed by atoms with Crippen LogP contribution in [0.4, 0.5) is 0 Å². The molecule has 23 heavy (non-hydrogen) atoms. The lowest BCUT2D eigenvalue weighted by atomic mass is 10.1. The molecule has 5 nitrogen and oxygen atoms in total. The Labute approximate surface area is 133 Å². The van der Waals surface area contributed by atoms with Gasteiger partial charge in [-0.25, -0.2) is 0 Å². The summed E-state index contributed by atoms with van der Waals surface area (Å²) in [7, 11) is 0. The Hall–Kier alpha value is -3.08. The van der Waals surface area contributed by atoms with Crippen molar-refractivity contribution in [2.24, 2.45) is 0 Å². The van der Waals surface area contributed by atoms with Crippen LogP contribution < -0.4 is 5.32 Å². The van der Waals surface area contributed by atoms with Gasteiger partial charge in [-0.1, -0.05) is 24.3 Å². The van der Waals surface area contributed by atoms with Crippen molar-refractivity contribution in [1.29, 1.82) is 0 Å². The second-order valence-corrected chi connectivity index (χ2v) is 5.21. The number of aromatic nitrogens is 1. The van der Waals surface area contributed by atoms with Crippen LogP contribution in [0.2, 0.25) is 0 Å². The van der Waals surface area contributed by atoms with Gasteiger partial charge in [0.2, 0.25) is 0 Å². The molecule has 0 spiro atoms. The minimum absolute atomic E-state index is 0.106. The van der Waals surface area contributed by atoms with Crippen molar-refractivity contribution >= 4 is 16.8 Å². The van der Waals surface area contributed by atoms with E-state index in [0.29, 0.717) is 18.5 Å². The maximum atomic E-state index is 12.2. The largest absolute Gasteiger partial charge is 0.508 e. The molecule has 3 rings (SSSR count). The van der Waals surface area contributed by atoms with Crippen molar-refractivity contribution in [2.45, 2.75) is 6.42 Å². The normalized spacial score (nSPS) is 10.6. The number of rotatable bonds is 4. The van der Waals surface area contributed by atoms with Gasteiger partial charge < -0.3 is 15.5 Å². The SMILES string of the molecule is O=C(NCCc1ccc(O)cc1)c1ccc2cccnc2c1O. The summed E-state index contributed by atoms with van der Waals surface area (Å²) in [6.45, 7) is 0.434. The van der Waals surface area contributed by atoms with Gasteiger partial charge >= 0.3 is 0 Å². The first-order chi connectivity index (χ1) is 11.1. The molecule has 3 N–H and O–H groups in total. The number of amides is 1. The summed E-state index contributed by atoms with van der Waals surface area (Å²) in [6, 6.07) is 13.8. The molecule has 0 aliphatic heterocycles. The van der Waals surface area contributed by atoms with Crippen LogP contribution in [-0.4, -0.2) is 27.6 Å². The van der Waals surface area contributed by atoms with Crippen molar-refractivity contribution in [1.82, 2.24) is 10.3 Å². The van der Waals surface area contributed by atoms with E-state index in [1.807, 2.05) is 6.07 Å². The van der Waals surface area contributed by atoms with Crippen LogP contribution in [0, 0.1) is 0 Å². The van der Waals surface area contributed by atoms with E-state index in [-0.39, 0.29) is 23.0 Å². The zero-order chi connectivity index (χ0) is 16.2. The van der Waals surface area contributed by atoms with E-state index in [9.17, 15) is 15.0 Å². The fourth-order valence-corrected chi connectivity index (χ4v) is 2.39. The van der Waals surface area contributed by atoms with Crippen molar-refractivity contribution in [3.05, 3.63) is 65.9 Å². The zero-order valence-electron chi connectivity index (χ0n) is 12.4. The van der Waals surface area contributed by atoms with E-state index in [4.69, 9.17) is 0 Å². The van der Waals surface area contributed by atoms with Gasteiger partial charge in [0.05, 0.1) is 5.56 Å². The molecular formula is C18H16N2O3. The number of carbonyl (C=O) groups excluding carboxylic acids is 1. The number of nitrogens with zero attached hydrogens (tertiary/aromatic N) is 1. The molecule has 116 valence electrons. The van der Waals surface area contributed by atoms with Crippen molar-refractivity contribution < 1.29 is 15.0 Å². The Morgan fingerprint density at radius 1 is 1.04 bits per heavy atom. The fourth-order valence-electron chi connectivity index (χ4n) is 2.39. The highest BCUT2D eigenvalue weighted by Crippen LogP contribution is 2.26. The Morgan fingerprint density at radius 3 is 2.61 bits per heavy atom. The van der Waals surface area contributed by atoms with Gasteiger partial charge in [0, 0.05) is 18.1 Å². The van der Waals surface area contributed by atoms with Crippen LogP contribution in [0.3, 0.4) is 0 Å². The number of phenolic OH excluding ortho intramolecular Hbond substituents is 2. The van der Waals surface area contributed by atoms with Crippen LogP contribution in [0.1, 0.15) is 15.9 Å². The monoisotopic (exact) mass is 308 g/mol. The Morgan fingerprint density at radius 2 is 1.83 bits per heavy atom. The van der Waals surface area contributed by atoms with Crippen LogP contribution in [-0.2, 0) is 6.42 Å². The predicted octanol–water partition coefficient (Wildman–Crippen LogP) is 2.62. The first kappa shape index (κ1) is 14.8. The molecule has 0 aliphatic carbocycles. The summed E-state index contributed by atoms with van der Waals surface area (Å²) in [4.78, 5) is 16.3. The first-order valence-corrected chi connectivity index (χ1v) is 7.28. The van der Waals surface area contributed by atoms with E-state index in [0.717, 1.165) is 10.9 Å². The van der Waals surface area contributed by atoms with Gasteiger partial charge in [-0.15, -0.1) is 0 Å². The van der Waals surface area contributed by atoms with E-state index < -0.39 is 0 Å². The van der Waals surface area contributed by atoms with Gasteiger partial charge in [-0.05, 0) is 36.2 Å². The van der Waals surface area contributed by atoms with Crippen molar-refractivity contribution in [2.75, 3.05) is 6.54 Å². The molecule has 0 radical (unpaired) electrons. The number of hydrogen-bond acceptors (Lipinski definition) is 4. The number of hydrogen-bond donors (Lipinski definition) is 3. The second kappa shape index (κ2) is 6.36. The number of carbonyl (C=O) groups is 1. The standard InChI is InChI=1S/C18H16N2O3/c21-14-6-3-12(4-7-14)9-11-20-18(23)15-8-5-13-2-1-10-19-16(13)17(15)22/h1-8,10,21-22H,9,11H2,(H,20,23). The molecule has 0 unspecified atom stereocenters. The highest BCUT2D eigenvalue weighted by molar-refractivity contribution is 6.02. The van der Waals surface area contributed by atoms with E-state index in [1.54, 1.807) is 48.7 Å². The summed E-state index contributed by atoms with van der Waals surface area (Å²) in [5.41, 5.74) is 1.63. The predicted molar refractivity (Wildman–Crippen MR) is 87.6 cm³/mol. The summed E-state index contributed by atoms with van der Waals surface area (Å²) in [6.07, 6.45) is 2.22. The summed E-state index contributed by atoms with van der Waals surface area (Å²) >= 11 is 0. The highest BCUT2D eigenvalue weighted by Gasteiger charge is 2.14. The molecule has 0 atom stereocenters. The average molecular weight is 308 g/mol. The average Bonchev–Trinajstić information content (AvgIpc) is 2.57. The number of fused-ring (bicyclic) bond motifs is 1. The molecule has 0 fully saturated rings. The molecule has 3 aromatic rings. The quantitative estimate of drug-likeness (QED) is 0.692. The molecule has 0 bridgehead atoms. The van der Waals surface area contributed by atoms with Crippen LogP contribution in [0.25, 0.3) is 10.9 Å². The lowest BCUT2D eigenvalue weighted by Gasteiger charge is -2.08. The lowest BCUT2D eigenvalue weighted by Crippen LogP contribution is -2.25. The third-order valence-corrected chi connectivity index (χ3v) is 3.63. The zero-order valence-corrected chi connectivity index (χ0v) is 12.4. The molecule has 1 heterocycles. The first-order valence-electron chi connectivity index (χ1n) is 7.28. The van der Waals surface area contributed by atoms with Gasteiger partial charge in [0.25, 0.3) is 5.91 Å². The number of aromatic hydroxyl groups is 2. The van der Waals surface area contributed by atoms with Gasteiger partial charge in [-0.3, -0.25) is 9.78 Å². The molecule has 0 saturated heterocycles. The third-order valence-electron chi connectivity index (χ3n) is 3.63. The molecule has 0 aliphatic rings. The molecule has 2 aromatic carbocycles.